The second-order valence-electron chi connectivity index (χ2n) is 10.1. The molecule has 1 N–H and O–H groups in total. The highest BCUT2D eigenvalue weighted by atomic mass is 35.5. The lowest BCUT2D eigenvalue weighted by atomic mass is 10.1. The van der Waals surface area contributed by atoms with Crippen molar-refractivity contribution in [3.8, 4) is 17.2 Å². The van der Waals surface area contributed by atoms with E-state index in [1.165, 1.54) is 11.1 Å². The van der Waals surface area contributed by atoms with E-state index in [2.05, 4.69) is 56.9 Å². The maximum atomic E-state index is 6.90. The Morgan fingerprint density at radius 1 is 0.974 bits per heavy atom. The van der Waals surface area contributed by atoms with Crippen molar-refractivity contribution in [3.63, 3.8) is 0 Å². The van der Waals surface area contributed by atoms with Gasteiger partial charge in [-0.05, 0) is 48.7 Å². The molecule has 2 aliphatic rings. The van der Waals surface area contributed by atoms with Crippen molar-refractivity contribution in [1.82, 2.24) is 19.8 Å². The number of benzene rings is 2. The van der Waals surface area contributed by atoms with Crippen molar-refractivity contribution in [2.24, 2.45) is 0 Å². The zero-order chi connectivity index (χ0) is 27.0. The van der Waals surface area contributed by atoms with Crippen LogP contribution in [0.5, 0.6) is 17.2 Å². The van der Waals surface area contributed by atoms with Crippen molar-refractivity contribution in [1.29, 1.82) is 0 Å². The van der Waals surface area contributed by atoms with Crippen LogP contribution in [-0.2, 0) is 26.2 Å². The molecule has 0 amide bonds. The maximum Gasteiger partial charge on any atom is 0.207 e. The Balaban J connectivity index is 1.45. The van der Waals surface area contributed by atoms with Crippen LogP contribution in [-0.4, -0.2) is 60.5 Å². The Hall–Kier alpha value is -2.94. The third-order valence-corrected chi connectivity index (χ3v) is 7.44. The average molecular weight is 554 g/mol. The second kappa shape index (κ2) is 13.4. The van der Waals surface area contributed by atoms with Crippen LogP contribution < -0.4 is 24.4 Å². The van der Waals surface area contributed by atoms with Gasteiger partial charge in [0.2, 0.25) is 5.95 Å². The molecule has 1 aromatic heterocycles. The number of nitrogens with one attached hydrogen (secondary N) is 1. The normalized spacial score (nSPS) is 15.1. The zero-order valence-electron chi connectivity index (χ0n) is 23.1. The highest BCUT2D eigenvalue weighted by molar-refractivity contribution is 6.30. The summed E-state index contributed by atoms with van der Waals surface area (Å²) < 4.78 is 19.8. The van der Waals surface area contributed by atoms with Gasteiger partial charge in [-0.15, -0.1) is 0 Å². The van der Waals surface area contributed by atoms with Crippen LogP contribution in [0.25, 0.3) is 0 Å². The number of rotatable bonds is 12. The van der Waals surface area contributed by atoms with Gasteiger partial charge in [0.1, 0.15) is 19.0 Å². The second-order valence-corrected chi connectivity index (χ2v) is 10.5. The van der Waals surface area contributed by atoms with Gasteiger partial charge in [-0.3, -0.25) is 4.90 Å². The summed E-state index contributed by atoms with van der Waals surface area (Å²) in [4.78, 5) is 9.67. The predicted molar refractivity (Wildman–Crippen MR) is 155 cm³/mol. The average Bonchev–Trinajstić information content (AvgIpc) is 3.27. The smallest absolute Gasteiger partial charge is 0.207 e. The minimum Gasteiger partial charge on any atom is -0.494 e. The first-order chi connectivity index (χ1) is 19.1. The molecule has 2 aromatic carbocycles. The quantitative estimate of drug-likeness (QED) is 0.334. The number of fused-ring (bicyclic) bond motifs is 1. The summed E-state index contributed by atoms with van der Waals surface area (Å²) in [6, 6.07) is 14.6. The summed E-state index contributed by atoms with van der Waals surface area (Å²) >= 11 is 6.90. The molecule has 1 fully saturated rings. The van der Waals surface area contributed by atoms with Crippen LogP contribution in [0.15, 0.2) is 42.5 Å². The first kappa shape index (κ1) is 27.6. The molecule has 8 nitrogen and oxygen atoms in total. The van der Waals surface area contributed by atoms with E-state index in [0.29, 0.717) is 31.5 Å². The molecule has 0 atom stereocenters. The number of nitrogens with zero attached hydrogens (tertiary/aromatic N) is 4. The molecule has 0 bridgehead atoms. The third kappa shape index (κ3) is 6.99. The van der Waals surface area contributed by atoms with E-state index in [1.807, 2.05) is 19.1 Å². The van der Waals surface area contributed by atoms with E-state index in [0.717, 1.165) is 87.5 Å². The molecule has 5 rings (SSSR count). The molecule has 210 valence electrons. The lowest BCUT2D eigenvalue weighted by Gasteiger charge is -2.30. The van der Waals surface area contributed by atoms with E-state index in [9.17, 15) is 0 Å². The Morgan fingerprint density at radius 2 is 1.74 bits per heavy atom. The largest absolute Gasteiger partial charge is 0.494 e. The van der Waals surface area contributed by atoms with Crippen molar-refractivity contribution >= 4 is 17.5 Å². The molecule has 3 aromatic rings. The Kier molecular flexibility index (Phi) is 9.50. The summed E-state index contributed by atoms with van der Waals surface area (Å²) in [5.74, 6) is 3.50. The molecule has 0 saturated carbocycles. The summed E-state index contributed by atoms with van der Waals surface area (Å²) in [5.41, 5.74) is 3.42. The Morgan fingerprint density at radius 3 is 2.51 bits per heavy atom. The van der Waals surface area contributed by atoms with E-state index in [-0.39, 0.29) is 0 Å². The molecule has 39 heavy (non-hydrogen) atoms. The first-order valence-corrected chi connectivity index (χ1v) is 14.6. The fourth-order valence-corrected chi connectivity index (χ4v) is 5.47. The summed E-state index contributed by atoms with van der Waals surface area (Å²) in [5, 5.41) is 4.03. The number of imidazole rings is 1. The number of ether oxygens (including phenoxy) is 3. The van der Waals surface area contributed by atoms with Gasteiger partial charge >= 0.3 is 0 Å². The number of unbranched alkanes of at least 4 members (excludes halogenated alkanes) is 1. The van der Waals surface area contributed by atoms with Crippen LogP contribution in [0.3, 0.4) is 0 Å². The van der Waals surface area contributed by atoms with Crippen LogP contribution in [0.2, 0.25) is 5.15 Å². The minimum atomic E-state index is 0.575. The van der Waals surface area contributed by atoms with Crippen LogP contribution in [0.1, 0.15) is 43.5 Å². The number of anilines is 1. The van der Waals surface area contributed by atoms with E-state index in [1.54, 1.807) is 0 Å². The topological polar surface area (TPSA) is 64.0 Å². The maximum absolute atomic E-state index is 6.90. The van der Waals surface area contributed by atoms with Gasteiger partial charge < -0.3 is 29.0 Å². The first-order valence-electron chi connectivity index (χ1n) is 14.2. The van der Waals surface area contributed by atoms with E-state index < -0.39 is 0 Å². The summed E-state index contributed by atoms with van der Waals surface area (Å²) in [6.07, 6.45) is 2.19. The zero-order valence-corrected chi connectivity index (χ0v) is 23.9. The van der Waals surface area contributed by atoms with Gasteiger partial charge in [0.25, 0.3) is 0 Å². The van der Waals surface area contributed by atoms with Gasteiger partial charge in [-0.2, -0.15) is 0 Å². The van der Waals surface area contributed by atoms with Gasteiger partial charge in [-0.25, -0.2) is 4.98 Å². The number of piperazine rings is 1. The van der Waals surface area contributed by atoms with Crippen molar-refractivity contribution in [2.75, 3.05) is 50.9 Å². The Bertz CT molecular complexity index is 1230. The van der Waals surface area contributed by atoms with Crippen molar-refractivity contribution < 1.29 is 14.2 Å². The Labute approximate surface area is 236 Å². The molecule has 0 unspecified atom stereocenters. The lowest BCUT2D eigenvalue weighted by molar-refractivity contribution is 0.170. The van der Waals surface area contributed by atoms with E-state index in [4.69, 9.17) is 30.8 Å². The highest BCUT2D eigenvalue weighted by Gasteiger charge is 2.24. The number of hydrogen-bond donors (Lipinski definition) is 1. The molecular formula is C30H40ClN5O3. The van der Waals surface area contributed by atoms with Gasteiger partial charge in [-0.1, -0.05) is 43.1 Å². The van der Waals surface area contributed by atoms with Crippen LogP contribution in [0.4, 0.5) is 5.95 Å². The summed E-state index contributed by atoms with van der Waals surface area (Å²) in [7, 11) is 0. The molecule has 0 aliphatic carbocycles. The fraction of sp³-hybridized carbons (Fsp3) is 0.500. The number of aromatic nitrogens is 2. The standard InChI is InChI=1S/C30H40ClN5O3/c1-3-5-13-36-26(29(31)33-30(36)35-14-11-32-12-15-35)22-34(20-23-7-6-8-25(18-23)37-4-2)21-24-9-10-27-28(19-24)39-17-16-38-27/h6-10,18-19,32H,3-5,11-17,20-22H2,1-2H3. The van der Waals surface area contributed by atoms with E-state index >= 15 is 0 Å². The number of halogens is 1. The highest BCUT2D eigenvalue weighted by Crippen LogP contribution is 2.32. The van der Waals surface area contributed by atoms with Gasteiger partial charge in [0.15, 0.2) is 16.7 Å². The van der Waals surface area contributed by atoms with Crippen molar-refractivity contribution in [3.05, 3.63) is 64.4 Å². The molecule has 0 radical (unpaired) electrons. The molecule has 1 saturated heterocycles. The lowest BCUT2D eigenvalue weighted by Crippen LogP contribution is -2.44. The SMILES string of the molecule is CCCCn1c(N2CCNCC2)nc(Cl)c1CN(Cc1cccc(OCC)c1)Cc1ccc2c(c1)OCCO2. The van der Waals surface area contributed by atoms with Crippen molar-refractivity contribution in [2.45, 2.75) is 52.9 Å². The fourth-order valence-electron chi connectivity index (χ4n) is 5.24. The van der Waals surface area contributed by atoms with Gasteiger partial charge in [0.05, 0.1) is 12.3 Å². The molecule has 3 heterocycles. The monoisotopic (exact) mass is 553 g/mol. The summed E-state index contributed by atoms with van der Waals surface area (Å²) in [6.45, 7) is 12.9. The molecule has 0 spiro atoms. The predicted octanol–water partition coefficient (Wildman–Crippen LogP) is 5.12. The van der Waals surface area contributed by atoms with Gasteiger partial charge in [0, 0.05) is 52.4 Å². The number of hydrogen-bond acceptors (Lipinski definition) is 7. The van der Waals surface area contributed by atoms with Crippen LogP contribution >= 0.6 is 11.6 Å². The van der Waals surface area contributed by atoms with Crippen LogP contribution in [0, 0.1) is 0 Å². The minimum absolute atomic E-state index is 0.575. The molecule has 9 heteroatoms. The molecule has 2 aliphatic heterocycles. The molecular weight excluding hydrogens is 514 g/mol. The third-order valence-electron chi connectivity index (χ3n) is 7.14.